The van der Waals surface area contributed by atoms with Crippen molar-refractivity contribution in [3.05, 3.63) is 0 Å². The van der Waals surface area contributed by atoms with E-state index in [9.17, 15) is 5.11 Å². The minimum absolute atomic E-state index is 0.0198. The van der Waals surface area contributed by atoms with E-state index in [2.05, 4.69) is 13.8 Å². The van der Waals surface area contributed by atoms with Crippen LogP contribution in [0.1, 0.15) is 78.1 Å². The van der Waals surface area contributed by atoms with Gasteiger partial charge >= 0.3 is 0 Å². The molecule has 3 N–H and O–H groups in total. The van der Waals surface area contributed by atoms with Gasteiger partial charge in [-0.05, 0) is 50.4 Å². The highest BCUT2D eigenvalue weighted by atomic mass is 16.3. The molecule has 2 aliphatic rings. The van der Waals surface area contributed by atoms with E-state index in [4.69, 9.17) is 5.73 Å². The van der Waals surface area contributed by atoms with Crippen LogP contribution < -0.4 is 5.73 Å². The first-order valence-corrected chi connectivity index (χ1v) is 8.48. The highest BCUT2D eigenvalue weighted by Gasteiger charge is 2.51. The lowest BCUT2D eigenvalue weighted by molar-refractivity contribution is -0.135. The fourth-order valence-electron chi connectivity index (χ4n) is 4.79. The van der Waals surface area contributed by atoms with Crippen LogP contribution in [0.3, 0.4) is 0 Å². The molecule has 2 rings (SSSR count). The van der Waals surface area contributed by atoms with Crippen molar-refractivity contribution >= 4 is 0 Å². The Balaban J connectivity index is 2.06. The van der Waals surface area contributed by atoms with Gasteiger partial charge in [0.15, 0.2) is 0 Å². The molecule has 0 aromatic rings. The predicted octanol–water partition coefficient (Wildman–Crippen LogP) is 3.86. The maximum Gasteiger partial charge on any atom is 0.0718 e. The molecule has 0 bridgehead atoms. The van der Waals surface area contributed by atoms with E-state index >= 15 is 0 Å². The second-order valence-electron chi connectivity index (χ2n) is 7.45. The number of hydrogen-bond donors (Lipinski definition) is 2. The van der Waals surface area contributed by atoms with Crippen LogP contribution in [-0.4, -0.2) is 17.3 Å². The molecule has 2 aliphatic carbocycles. The topological polar surface area (TPSA) is 46.2 Å². The van der Waals surface area contributed by atoms with Gasteiger partial charge in [0.2, 0.25) is 0 Å². The summed E-state index contributed by atoms with van der Waals surface area (Å²) in [5.41, 5.74) is 5.70. The zero-order chi connectivity index (χ0) is 13.9. The Hall–Kier alpha value is -0.0800. The maximum absolute atomic E-state index is 11.3. The third kappa shape index (κ3) is 3.00. The van der Waals surface area contributed by atoms with E-state index in [1.54, 1.807) is 0 Å². The lowest BCUT2D eigenvalue weighted by atomic mass is 9.56. The molecule has 2 heteroatoms. The zero-order valence-corrected chi connectivity index (χ0v) is 13.0. The van der Waals surface area contributed by atoms with Gasteiger partial charge < -0.3 is 10.8 Å². The third-order valence-electron chi connectivity index (χ3n) is 6.11. The number of aliphatic hydroxyl groups is 1. The molecule has 0 aromatic heterocycles. The summed E-state index contributed by atoms with van der Waals surface area (Å²) in [6, 6.07) is 0. The van der Waals surface area contributed by atoms with E-state index in [1.807, 2.05) is 0 Å². The van der Waals surface area contributed by atoms with Crippen LogP contribution >= 0.6 is 0 Å². The van der Waals surface area contributed by atoms with Crippen molar-refractivity contribution in [2.45, 2.75) is 83.7 Å². The Bertz CT molecular complexity index is 283. The second kappa shape index (κ2) is 6.13. The summed E-state index contributed by atoms with van der Waals surface area (Å²) in [4.78, 5) is 0. The standard InChI is InChI=1S/C17H33NO/c1-3-5-15-7-10-16(13-18,11-8-15)17(19)9-4-6-14(2)12-17/h14-15,19H,3-13,18H2,1-2H3. The van der Waals surface area contributed by atoms with Crippen molar-refractivity contribution in [1.29, 1.82) is 0 Å². The normalized spacial score (nSPS) is 44.2. The van der Waals surface area contributed by atoms with Gasteiger partial charge in [-0.25, -0.2) is 0 Å². The Morgan fingerprint density at radius 1 is 1.16 bits per heavy atom. The fourth-order valence-corrected chi connectivity index (χ4v) is 4.79. The van der Waals surface area contributed by atoms with Crippen LogP contribution in [0, 0.1) is 17.3 Å². The van der Waals surface area contributed by atoms with E-state index in [-0.39, 0.29) is 5.41 Å². The molecule has 19 heavy (non-hydrogen) atoms. The first-order valence-electron chi connectivity index (χ1n) is 8.48. The van der Waals surface area contributed by atoms with Crippen molar-refractivity contribution in [2.75, 3.05) is 6.54 Å². The molecular weight excluding hydrogens is 234 g/mol. The molecule has 0 saturated heterocycles. The summed E-state index contributed by atoms with van der Waals surface area (Å²) in [5.74, 6) is 1.55. The van der Waals surface area contributed by atoms with Crippen LogP contribution in [0.2, 0.25) is 0 Å². The molecule has 2 fully saturated rings. The van der Waals surface area contributed by atoms with E-state index in [0.29, 0.717) is 12.5 Å². The van der Waals surface area contributed by atoms with Gasteiger partial charge in [-0.2, -0.15) is 0 Å². The van der Waals surface area contributed by atoms with E-state index in [1.165, 1.54) is 38.5 Å². The van der Waals surface area contributed by atoms with Crippen LogP contribution in [0.4, 0.5) is 0 Å². The van der Waals surface area contributed by atoms with Crippen LogP contribution in [0.15, 0.2) is 0 Å². The molecule has 2 saturated carbocycles. The first kappa shape index (κ1) is 15.3. The van der Waals surface area contributed by atoms with Crippen molar-refractivity contribution in [2.24, 2.45) is 23.0 Å². The molecule has 112 valence electrons. The predicted molar refractivity (Wildman–Crippen MR) is 80.9 cm³/mol. The summed E-state index contributed by atoms with van der Waals surface area (Å²) in [5, 5.41) is 11.3. The van der Waals surface area contributed by atoms with Gasteiger partial charge in [0.05, 0.1) is 5.60 Å². The second-order valence-corrected chi connectivity index (χ2v) is 7.45. The largest absolute Gasteiger partial charge is 0.389 e. The van der Waals surface area contributed by atoms with Crippen molar-refractivity contribution in [1.82, 2.24) is 0 Å². The van der Waals surface area contributed by atoms with Crippen LogP contribution in [0.5, 0.6) is 0 Å². The van der Waals surface area contributed by atoms with Gasteiger partial charge in [0.1, 0.15) is 0 Å². The molecule has 0 spiro atoms. The number of nitrogens with two attached hydrogens (primary N) is 1. The molecule has 0 radical (unpaired) electrons. The quantitative estimate of drug-likeness (QED) is 0.812. The smallest absolute Gasteiger partial charge is 0.0718 e. The maximum atomic E-state index is 11.3. The summed E-state index contributed by atoms with van der Waals surface area (Å²) >= 11 is 0. The Kier molecular flexibility index (Phi) is 4.94. The first-order chi connectivity index (χ1) is 9.05. The van der Waals surface area contributed by atoms with Crippen molar-refractivity contribution in [3.63, 3.8) is 0 Å². The van der Waals surface area contributed by atoms with Gasteiger partial charge in [-0.1, -0.05) is 39.5 Å². The average Bonchev–Trinajstić information content (AvgIpc) is 2.40. The number of rotatable bonds is 4. The van der Waals surface area contributed by atoms with E-state index < -0.39 is 5.60 Å². The number of hydrogen-bond acceptors (Lipinski definition) is 2. The molecule has 0 amide bonds. The molecule has 2 nitrogen and oxygen atoms in total. The fraction of sp³-hybridized carbons (Fsp3) is 1.00. The minimum Gasteiger partial charge on any atom is -0.389 e. The molecule has 0 heterocycles. The summed E-state index contributed by atoms with van der Waals surface area (Å²) in [6.45, 7) is 5.24. The van der Waals surface area contributed by atoms with Gasteiger partial charge in [-0.15, -0.1) is 0 Å². The molecular formula is C17H33NO. The lowest BCUT2D eigenvalue weighted by Crippen LogP contribution is -2.56. The summed E-state index contributed by atoms with van der Waals surface area (Å²) < 4.78 is 0. The SMILES string of the molecule is CCCC1CCC(CN)(C2(O)CCCC(C)C2)CC1. The molecule has 0 aromatic carbocycles. The zero-order valence-electron chi connectivity index (χ0n) is 13.0. The lowest BCUT2D eigenvalue weighted by Gasteiger charge is -2.53. The van der Waals surface area contributed by atoms with Gasteiger partial charge in [0, 0.05) is 12.0 Å². The van der Waals surface area contributed by atoms with Crippen molar-refractivity contribution < 1.29 is 5.11 Å². The van der Waals surface area contributed by atoms with Crippen LogP contribution in [0.25, 0.3) is 0 Å². The Labute approximate surface area is 119 Å². The van der Waals surface area contributed by atoms with E-state index in [0.717, 1.165) is 31.6 Å². The monoisotopic (exact) mass is 267 g/mol. The summed E-state index contributed by atoms with van der Waals surface area (Å²) in [6.07, 6.45) is 11.9. The molecule has 2 atom stereocenters. The van der Waals surface area contributed by atoms with Crippen LogP contribution in [-0.2, 0) is 0 Å². The third-order valence-corrected chi connectivity index (χ3v) is 6.11. The summed E-state index contributed by atoms with van der Waals surface area (Å²) in [7, 11) is 0. The molecule has 0 aliphatic heterocycles. The Morgan fingerprint density at radius 2 is 1.84 bits per heavy atom. The highest BCUT2D eigenvalue weighted by molar-refractivity contribution is 5.04. The highest BCUT2D eigenvalue weighted by Crippen LogP contribution is 2.52. The van der Waals surface area contributed by atoms with Crippen molar-refractivity contribution in [3.8, 4) is 0 Å². The molecule has 2 unspecified atom stereocenters. The van der Waals surface area contributed by atoms with Gasteiger partial charge in [-0.3, -0.25) is 0 Å². The minimum atomic E-state index is -0.476. The van der Waals surface area contributed by atoms with Gasteiger partial charge in [0.25, 0.3) is 0 Å². The average molecular weight is 267 g/mol. The Morgan fingerprint density at radius 3 is 2.37 bits per heavy atom.